The number of hydrogen-bond donors (Lipinski definition) is 2. The zero-order chi connectivity index (χ0) is 13.7. The fourth-order valence-corrected chi connectivity index (χ4v) is 2.24. The molecule has 1 amide bonds. The smallest absolute Gasteiger partial charge is 0.253 e. The van der Waals surface area contributed by atoms with Crippen LogP contribution < -0.4 is 10.6 Å². The van der Waals surface area contributed by atoms with E-state index in [-0.39, 0.29) is 5.91 Å². The van der Waals surface area contributed by atoms with Gasteiger partial charge in [-0.1, -0.05) is 24.3 Å². The first-order valence-corrected chi connectivity index (χ1v) is 7.50. The Balaban J connectivity index is 2.36. The molecule has 0 bridgehead atoms. The van der Waals surface area contributed by atoms with Crippen LogP contribution in [-0.2, 0) is 0 Å². The summed E-state index contributed by atoms with van der Waals surface area (Å²) < 4.78 is 0. The average molecular weight is 275 g/mol. The number of carbonyl (C=O) groups excluding carboxylic acids is 1. The van der Waals surface area contributed by atoms with Gasteiger partial charge >= 0.3 is 0 Å². The predicted octanol–water partition coefficient (Wildman–Crippen LogP) is 2.37. The molecule has 2 N–H and O–H groups in total. The van der Waals surface area contributed by atoms with Crippen LogP contribution in [0.25, 0.3) is 10.8 Å². The molecular weight excluding hydrogens is 258 g/mol. The van der Waals surface area contributed by atoms with Crippen molar-refractivity contribution in [2.45, 2.75) is 0 Å². The number of nitrogens with zero attached hydrogens (tertiary/aromatic N) is 1. The average Bonchev–Trinajstić information content (AvgIpc) is 2.46. The van der Waals surface area contributed by atoms with Crippen molar-refractivity contribution >= 4 is 34.3 Å². The van der Waals surface area contributed by atoms with Crippen LogP contribution in [0.3, 0.4) is 0 Å². The predicted molar refractivity (Wildman–Crippen MR) is 82.0 cm³/mol. The highest BCUT2D eigenvalue weighted by molar-refractivity contribution is 7.98. The van der Waals surface area contributed by atoms with Gasteiger partial charge in [0.05, 0.1) is 5.56 Å². The van der Waals surface area contributed by atoms with Gasteiger partial charge in [-0.15, -0.1) is 0 Å². The van der Waals surface area contributed by atoms with E-state index in [9.17, 15) is 4.79 Å². The Bertz CT molecular complexity index is 586. The van der Waals surface area contributed by atoms with E-state index in [1.807, 2.05) is 37.6 Å². The third kappa shape index (κ3) is 2.98. The van der Waals surface area contributed by atoms with E-state index < -0.39 is 0 Å². The lowest BCUT2D eigenvalue weighted by Crippen LogP contribution is -2.26. The van der Waals surface area contributed by atoms with Gasteiger partial charge in [-0.2, -0.15) is 11.8 Å². The van der Waals surface area contributed by atoms with Crippen molar-refractivity contribution in [3.63, 3.8) is 0 Å². The molecule has 0 aliphatic carbocycles. The summed E-state index contributed by atoms with van der Waals surface area (Å²) in [6.07, 6.45) is 3.65. The minimum atomic E-state index is -0.0691. The lowest BCUT2D eigenvalue weighted by Gasteiger charge is -2.10. The van der Waals surface area contributed by atoms with Crippen molar-refractivity contribution < 1.29 is 4.79 Å². The number of benzene rings is 1. The van der Waals surface area contributed by atoms with Crippen LogP contribution in [0, 0.1) is 0 Å². The molecule has 2 rings (SSSR count). The number of aromatic nitrogens is 1. The summed E-state index contributed by atoms with van der Waals surface area (Å²) in [5, 5.41) is 7.83. The summed E-state index contributed by atoms with van der Waals surface area (Å²) in [6, 6.07) is 7.79. The van der Waals surface area contributed by atoms with Crippen molar-refractivity contribution in [1.82, 2.24) is 10.3 Å². The van der Waals surface area contributed by atoms with Crippen LogP contribution >= 0.6 is 11.8 Å². The highest BCUT2D eigenvalue weighted by Crippen LogP contribution is 2.23. The molecule has 1 aromatic heterocycles. The fourth-order valence-electron chi connectivity index (χ4n) is 1.93. The SMILES string of the molecule is CNc1ncc(C(=O)NCCSC)c2ccccc12. The van der Waals surface area contributed by atoms with E-state index in [1.54, 1.807) is 18.0 Å². The molecular formula is C14H17N3OS. The maximum atomic E-state index is 12.2. The van der Waals surface area contributed by atoms with Crippen LogP contribution in [0.2, 0.25) is 0 Å². The molecule has 100 valence electrons. The number of fused-ring (bicyclic) bond motifs is 1. The Morgan fingerprint density at radius 1 is 1.32 bits per heavy atom. The number of carbonyl (C=O) groups is 1. The van der Waals surface area contributed by atoms with E-state index in [4.69, 9.17) is 0 Å². The number of amides is 1. The maximum absolute atomic E-state index is 12.2. The molecule has 0 spiro atoms. The zero-order valence-corrected chi connectivity index (χ0v) is 11.9. The molecule has 1 heterocycles. The largest absolute Gasteiger partial charge is 0.373 e. The molecule has 19 heavy (non-hydrogen) atoms. The highest BCUT2D eigenvalue weighted by atomic mass is 32.2. The van der Waals surface area contributed by atoms with Crippen molar-refractivity contribution in [3.05, 3.63) is 36.0 Å². The van der Waals surface area contributed by atoms with Crippen molar-refractivity contribution in [2.75, 3.05) is 30.9 Å². The fraction of sp³-hybridized carbons (Fsp3) is 0.286. The second-order valence-electron chi connectivity index (χ2n) is 4.06. The number of anilines is 1. The van der Waals surface area contributed by atoms with E-state index in [0.717, 1.165) is 22.3 Å². The lowest BCUT2D eigenvalue weighted by atomic mass is 10.1. The number of thioether (sulfide) groups is 1. The topological polar surface area (TPSA) is 54.0 Å². The number of rotatable bonds is 5. The third-order valence-electron chi connectivity index (χ3n) is 2.87. The summed E-state index contributed by atoms with van der Waals surface area (Å²) in [6.45, 7) is 0.669. The van der Waals surface area contributed by atoms with Gasteiger partial charge in [0, 0.05) is 30.9 Å². The Kier molecular flexibility index (Phi) is 4.63. The minimum absolute atomic E-state index is 0.0691. The maximum Gasteiger partial charge on any atom is 0.253 e. The van der Waals surface area contributed by atoms with Crippen LogP contribution in [0.5, 0.6) is 0 Å². The van der Waals surface area contributed by atoms with Gasteiger partial charge in [0.25, 0.3) is 5.91 Å². The first-order valence-electron chi connectivity index (χ1n) is 6.10. The van der Waals surface area contributed by atoms with Crippen LogP contribution in [0.1, 0.15) is 10.4 Å². The van der Waals surface area contributed by atoms with Gasteiger partial charge < -0.3 is 10.6 Å². The number of nitrogens with one attached hydrogen (secondary N) is 2. The Hall–Kier alpha value is -1.75. The monoisotopic (exact) mass is 275 g/mol. The Morgan fingerprint density at radius 3 is 2.74 bits per heavy atom. The molecule has 0 saturated heterocycles. The standard InChI is InChI=1S/C14H17N3OS/c1-15-13-11-6-4-3-5-10(11)12(9-17-13)14(18)16-7-8-19-2/h3-6,9H,7-8H2,1-2H3,(H,15,17)(H,16,18). The lowest BCUT2D eigenvalue weighted by molar-refractivity contribution is 0.0957. The van der Waals surface area contributed by atoms with Gasteiger partial charge in [-0.25, -0.2) is 4.98 Å². The van der Waals surface area contributed by atoms with Crippen molar-refractivity contribution in [2.24, 2.45) is 0 Å². The van der Waals surface area contributed by atoms with Crippen LogP contribution in [-0.4, -0.2) is 36.5 Å². The zero-order valence-electron chi connectivity index (χ0n) is 11.1. The molecule has 1 aromatic carbocycles. The van der Waals surface area contributed by atoms with Crippen LogP contribution in [0.15, 0.2) is 30.5 Å². The molecule has 0 unspecified atom stereocenters. The van der Waals surface area contributed by atoms with Gasteiger partial charge in [-0.05, 0) is 11.6 Å². The van der Waals surface area contributed by atoms with Gasteiger partial charge in [-0.3, -0.25) is 4.79 Å². The molecule has 0 atom stereocenters. The van der Waals surface area contributed by atoms with Crippen LogP contribution in [0.4, 0.5) is 5.82 Å². The second-order valence-corrected chi connectivity index (χ2v) is 5.05. The molecule has 4 nitrogen and oxygen atoms in total. The van der Waals surface area contributed by atoms with Crippen molar-refractivity contribution in [1.29, 1.82) is 0 Å². The Morgan fingerprint density at radius 2 is 2.05 bits per heavy atom. The first kappa shape index (κ1) is 13.7. The van der Waals surface area contributed by atoms with E-state index in [2.05, 4.69) is 15.6 Å². The van der Waals surface area contributed by atoms with Gasteiger partial charge in [0.15, 0.2) is 0 Å². The van der Waals surface area contributed by atoms with E-state index >= 15 is 0 Å². The van der Waals surface area contributed by atoms with Gasteiger partial charge in [0.1, 0.15) is 5.82 Å². The summed E-state index contributed by atoms with van der Waals surface area (Å²) in [5.41, 5.74) is 0.621. The van der Waals surface area contributed by atoms with E-state index in [0.29, 0.717) is 12.1 Å². The number of hydrogen-bond acceptors (Lipinski definition) is 4. The third-order valence-corrected chi connectivity index (χ3v) is 3.48. The summed E-state index contributed by atoms with van der Waals surface area (Å²) >= 11 is 1.71. The van der Waals surface area contributed by atoms with E-state index in [1.165, 1.54) is 0 Å². The molecule has 0 aliphatic rings. The molecule has 0 saturated carbocycles. The highest BCUT2D eigenvalue weighted by Gasteiger charge is 2.12. The van der Waals surface area contributed by atoms with Crippen molar-refractivity contribution in [3.8, 4) is 0 Å². The molecule has 0 radical (unpaired) electrons. The van der Waals surface area contributed by atoms with Gasteiger partial charge in [0.2, 0.25) is 0 Å². The molecule has 0 aliphatic heterocycles. The Labute approximate surface area is 117 Å². The second kappa shape index (κ2) is 6.43. The number of pyridine rings is 1. The summed E-state index contributed by atoms with van der Waals surface area (Å²) in [4.78, 5) is 16.4. The quantitative estimate of drug-likeness (QED) is 0.823. The molecule has 2 aromatic rings. The first-order chi connectivity index (χ1) is 9.27. The molecule has 0 fully saturated rings. The molecule has 5 heteroatoms. The normalized spacial score (nSPS) is 10.4. The summed E-state index contributed by atoms with van der Waals surface area (Å²) in [7, 11) is 1.83. The minimum Gasteiger partial charge on any atom is -0.373 e. The summed E-state index contributed by atoms with van der Waals surface area (Å²) in [5.74, 6) is 1.63.